The van der Waals surface area contributed by atoms with Crippen molar-refractivity contribution in [2.45, 2.75) is 59.6 Å². The number of amides is 1. The minimum absolute atomic E-state index is 0.193. The first kappa shape index (κ1) is 25.9. The summed E-state index contributed by atoms with van der Waals surface area (Å²) in [6.45, 7) is 13.8. The van der Waals surface area contributed by atoms with Crippen LogP contribution in [0.15, 0.2) is 48.5 Å². The number of primary amides is 1. The van der Waals surface area contributed by atoms with Crippen LogP contribution in [0, 0.1) is 6.92 Å². The third-order valence-electron chi connectivity index (χ3n) is 6.80. The number of aryl methyl sites for hydroxylation is 3. The number of ether oxygens (including phenoxy) is 2. The van der Waals surface area contributed by atoms with Gasteiger partial charge in [-0.3, -0.25) is 14.7 Å². The molecule has 0 saturated carbocycles. The number of carbonyl (C=O) groups excluding carboxylic acids is 1. The Morgan fingerprint density at radius 2 is 1.78 bits per heavy atom. The smallest absolute Gasteiger partial charge is 0.248 e. The molecular weight excluding hydrogens is 450 g/mol. The molecular formula is C30H37N3O3. The first-order chi connectivity index (χ1) is 17.2. The third kappa shape index (κ3) is 5.77. The van der Waals surface area contributed by atoms with Gasteiger partial charge in [0.1, 0.15) is 11.5 Å². The van der Waals surface area contributed by atoms with E-state index in [0.29, 0.717) is 17.9 Å². The molecule has 1 amide bonds. The number of carbonyl (C=O) groups is 1. The number of pyridine rings is 1. The summed E-state index contributed by atoms with van der Waals surface area (Å²) in [5.74, 6) is 0.976. The van der Waals surface area contributed by atoms with Crippen LogP contribution in [0.1, 0.15) is 60.4 Å². The topological polar surface area (TPSA) is 77.7 Å². The fourth-order valence-electron chi connectivity index (χ4n) is 4.94. The van der Waals surface area contributed by atoms with Crippen molar-refractivity contribution in [2.75, 3.05) is 19.7 Å². The van der Waals surface area contributed by atoms with Crippen LogP contribution < -0.4 is 10.5 Å². The standard InChI is InChI=1S/C30H37N3O3/c1-6-21-9-8-10-22(7-2)28(21)26-17-27(36-24-13-11-23(12-14-24)29(31)34)25(20(3)32-26)18-33-15-16-35-30(4,5)19-33/h8-14,17H,6-7,15-16,18-19H2,1-5H3,(H2,31,34). The highest BCUT2D eigenvalue weighted by atomic mass is 16.5. The van der Waals surface area contributed by atoms with Crippen LogP contribution in [0.2, 0.25) is 0 Å². The van der Waals surface area contributed by atoms with E-state index in [-0.39, 0.29) is 5.60 Å². The molecule has 0 unspecified atom stereocenters. The molecule has 0 atom stereocenters. The molecule has 2 aromatic carbocycles. The molecule has 1 aromatic heterocycles. The van der Waals surface area contributed by atoms with E-state index in [1.807, 2.05) is 0 Å². The lowest BCUT2D eigenvalue weighted by molar-refractivity contribution is -0.0884. The maximum atomic E-state index is 11.5. The van der Waals surface area contributed by atoms with Gasteiger partial charge in [-0.2, -0.15) is 0 Å². The molecule has 1 saturated heterocycles. The van der Waals surface area contributed by atoms with Crippen molar-refractivity contribution in [1.29, 1.82) is 0 Å². The highest BCUT2D eigenvalue weighted by molar-refractivity contribution is 5.92. The monoisotopic (exact) mass is 487 g/mol. The van der Waals surface area contributed by atoms with Gasteiger partial charge in [0.05, 0.1) is 17.9 Å². The minimum Gasteiger partial charge on any atom is -0.457 e. The summed E-state index contributed by atoms with van der Waals surface area (Å²) in [5.41, 5.74) is 12.4. The van der Waals surface area contributed by atoms with E-state index in [2.05, 4.69) is 63.8 Å². The van der Waals surface area contributed by atoms with Crippen molar-refractivity contribution >= 4 is 5.91 Å². The molecule has 6 nitrogen and oxygen atoms in total. The van der Waals surface area contributed by atoms with Gasteiger partial charge in [-0.25, -0.2) is 0 Å². The molecule has 0 aliphatic carbocycles. The Morgan fingerprint density at radius 1 is 1.11 bits per heavy atom. The number of rotatable bonds is 8. The van der Waals surface area contributed by atoms with Gasteiger partial charge in [-0.05, 0) is 69.0 Å². The molecule has 4 rings (SSSR count). The highest BCUT2D eigenvalue weighted by Crippen LogP contribution is 2.36. The summed E-state index contributed by atoms with van der Waals surface area (Å²) in [7, 11) is 0. The third-order valence-corrected chi connectivity index (χ3v) is 6.80. The predicted octanol–water partition coefficient (Wildman–Crippen LogP) is 5.68. The van der Waals surface area contributed by atoms with Crippen molar-refractivity contribution in [3.8, 4) is 22.8 Å². The van der Waals surface area contributed by atoms with E-state index in [0.717, 1.165) is 55.2 Å². The fourth-order valence-corrected chi connectivity index (χ4v) is 4.94. The first-order valence-corrected chi connectivity index (χ1v) is 12.8. The number of hydrogen-bond acceptors (Lipinski definition) is 5. The second-order valence-electron chi connectivity index (χ2n) is 10.0. The van der Waals surface area contributed by atoms with Crippen molar-refractivity contribution in [3.63, 3.8) is 0 Å². The van der Waals surface area contributed by atoms with Gasteiger partial charge in [-0.15, -0.1) is 0 Å². The quantitative estimate of drug-likeness (QED) is 0.442. The van der Waals surface area contributed by atoms with Crippen LogP contribution in [-0.4, -0.2) is 41.1 Å². The Labute approximate surface area is 214 Å². The Kier molecular flexibility index (Phi) is 7.76. The van der Waals surface area contributed by atoms with Gasteiger partial charge in [0.25, 0.3) is 0 Å². The van der Waals surface area contributed by atoms with Crippen LogP contribution in [0.25, 0.3) is 11.3 Å². The molecule has 36 heavy (non-hydrogen) atoms. The number of morpholine rings is 1. The molecule has 3 aromatic rings. The van der Waals surface area contributed by atoms with E-state index in [4.69, 9.17) is 20.2 Å². The average molecular weight is 488 g/mol. The lowest BCUT2D eigenvalue weighted by Gasteiger charge is -2.38. The van der Waals surface area contributed by atoms with Crippen molar-refractivity contribution in [1.82, 2.24) is 9.88 Å². The largest absolute Gasteiger partial charge is 0.457 e. The zero-order chi connectivity index (χ0) is 25.9. The summed E-state index contributed by atoms with van der Waals surface area (Å²) in [6, 6.07) is 15.5. The summed E-state index contributed by atoms with van der Waals surface area (Å²) >= 11 is 0. The molecule has 0 spiro atoms. The lowest BCUT2D eigenvalue weighted by atomic mass is 9.94. The molecule has 1 aliphatic heterocycles. The van der Waals surface area contributed by atoms with Crippen LogP contribution in [0.5, 0.6) is 11.5 Å². The lowest BCUT2D eigenvalue weighted by Crippen LogP contribution is -2.47. The molecule has 2 heterocycles. The zero-order valence-corrected chi connectivity index (χ0v) is 22.1. The van der Waals surface area contributed by atoms with E-state index in [1.54, 1.807) is 24.3 Å². The van der Waals surface area contributed by atoms with Gasteiger partial charge in [0.2, 0.25) is 5.91 Å². The average Bonchev–Trinajstić information content (AvgIpc) is 2.85. The zero-order valence-electron chi connectivity index (χ0n) is 22.1. The number of nitrogens with two attached hydrogens (primary N) is 1. The molecule has 1 aliphatic rings. The summed E-state index contributed by atoms with van der Waals surface area (Å²) in [6.07, 6.45) is 1.86. The number of nitrogens with zero attached hydrogens (tertiary/aromatic N) is 2. The van der Waals surface area contributed by atoms with E-state index in [1.165, 1.54) is 16.7 Å². The first-order valence-electron chi connectivity index (χ1n) is 12.8. The summed E-state index contributed by atoms with van der Waals surface area (Å²) in [4.78, 5) is 19.0. The maximum Gasteiger partial charge on any atom is 0.248 e. The van der Waals surface area contributed by atoms with E-state index >= 15 is 0 Å². The Balaban J connectivity index is 1.79. The fraction of sp³-hybridized carbons (Fsp3) is 0.400. The number of hydrogen-bond donors (Lipinski definition) is 1. The normalized spacial score (nSPS) is 15.6. The van der Waals surface area contributed by atoms with Crippen molar-refractivity contribution in [3.05, 3.63) is 76.5 Å². The van der Waals surface area contributed by atoms with Crippen molar-refractivity contribution in [2.24, 2.45) is 5.73 Å². The van der Waals surface area contributed by atoms with Gasteiger partial charge in [-0.1, -0.05) is 32.0 Å². The molecule has 190 valence electrons. The second kappa shape index (κ2) is 10.8. The van der Waals surface area contributed by atoms with Crippen molar-refractivity contribution < 1.29 is 14.3 Å². The maximum absolute atomic E-state index is 11.5. The van der Waals surface area contributed by atoms with Crippen LogP contribution in [-0.2, 0) is 24.1 Å². The Hall–Kier alpha value is -3.22. The second-order valence-corrected chi connectivity index (χ2v) is 10.0. The van der Waals surface area contributed by atoms with E-state index in [9.17, 15) is 4.79 Å². The van der Waals surface area contributed by atoms with Crippen LogP contribution >= 0.6 is 0 Å². The molecule has 2 N–H and O–H groups in total. The number of benzene rings is 2. The SMILES string of the molecule is CCc1cccc(CC)c1-c1cc(Oc2ccc(C(N)=O)cc2)c(CN2CCOC(C)(C)C2)c(C)n1. The molecule has 0 radical (unpaired) electrons. The van der Waals surface area contributed by atoms with Gasteiger partial charge >= 0.3 is 0 Å². The van der Waals surface area contributed by atoms with Gasteiger partial charge in [0.15, 0.2) is 0 Å². The molecule has 6 heteroatoms. The molecule has 1 fully saturated rings. The van der Waals surface area contributed by atoms with E-state index < -0.39 is 5.91 Å². The predicted molar refractivity (Wildman–Crippen MR) is 144 cm³/mol. The number of aromatic nitrogens is 1. The Morgan fingerprint density at radius 3 is 2.36 bits per heavy atom. The van der Waals surface area contributed by atoms with Gasteiger partial charge < -0.3 is 15.2 Å². The summed E-state index contributed by atoms with van der Waals surface area (Å²) < 4.78 is 12.4. The minimum atomic E-state index is -0.456. The van der Waals surface area contributed by atoms with Crippen LogP contribution in [0.3, 0.4) is 0 Å². The molecule has 0 bridgehead atoms. The van der Waals surface area contributed by atoms with Crippen LogP contribution in [0.4, 0.5) is 0 Å². The Bertz CT molecular complexity index is 1210. The summed E-state index contributed by atoms with van der Waals surface area (Å²) in [5, 5.41) is 0. The van der Waals surface area contributed by atoms with Gasteiger partial charge in [0, 0.05) is 48.1 Å². The highest BCUT2D eigenvalue weighted by Gasteiger charge is 2.28.